The van der Waals surface area contributed by atoms with Gasteiger partial charge in [-0.3, -0.25) is 0 Å². The molecule has 0 aliphatic heterocycles. The second-order valence-electron chi connectivity index (χ2n) is 19.8. The number of hydrogen-bond acceptors (Lipinski definition) is 1. The van der Waals surface area contributed by atoms with Crippen LogP contribution in [0.5, 0.6) is 0 Å². The van der Waals surface area contributed by atoms with E-state index >= 15 is 0 Å². The van der Waals surface area contributed by atoms with E-state index in [1.54, 1.807) is 5.57 Å². The summed E-state index contributed by atoms with van der Waals surface area (Å²) in [5.41, 5.74) is 17.2. The Morgan fingerprint density at radius 1 is 0.465 bits per heavy atom. The molecule has 3 aliphatic carbocycles. The lowest BCUT2D eigenvalue weighted by Gasteiger charge is -2.35. The molecule has 71 heavy (non-hydrogen) atoms. The van der Waals surface area contributed by atoms with Crippen molar-refractivity contribution < 1.29 is 0 Å². The zero-order valence-corrected chi connectivity index (χ0v) is 40.3. The molecule has 0 amide bonds. The Kier molecular flexibility index (Phi) is 12.6. The van der Waals surface area contributed by atoms with Gasteiger partial charge in [0.15, 0.2) is 0 Å². The lowest BCUT2D eigenvalue weighted by Crippen LogP contribution is -2.30. The van der Waals surface area contributed by atoms with E-state index in [-0.39, 0.29) is 12.0 Å². The predicted molar refractivity (Wildman–Crippen MR) is 303 cm³/mol. The molecule has 0 bridgehead atoms. The monoisotopic (exact) mass is 913 g/mol. The van der Waals surface area contributed by atoms with Crippen LogP contribution in [0.25, 0.3) is 49.4 Å². The number of benzene rings is 9. The van der Waals surface area contributed by atoms with E-state index in [0.717, 1.165) is 38.5 Å². The maximum atomic E-state index is 2.60. The molecule has 0 fully saturated rings. The first-order chi connectivity index (χ1) is 35.2. The van der Waals surface area contributed by atoms with Crippen LogP contribution in [0.3, 0.4) is 0 Å². The molecule has 344 valence electrons. The molecule has 0 spiro atoms. The third-order valence-corrected chi connectivity index (χ3v) is 15.5. The van der Waals surface area contributed by atoms with Gasteiger partial charge < -0.3 is 4.90 Å². The van der Waals surface area contributed by atoms with Gasteiger partial charge in [0.2, 0.25) is 0 Å². The van der Waals surface area contributed by atoms with Gasteiger partial charge in [-0.25, -0.2) is 0 Å². The van der Waals surface area contributed by atoms with Gasteiger partial charge in [0.05, 0.1) is 6.04 Å². The molecule has 9 aromatic rings. The molecule has 0 radical (unpaired) electrons. The van der Waals surface area contributed by atoms with Crippen molar-refractivity contribution in [2.24, 2.45) is 0 Å². The molecule has 4 unspecified atom stereocenters. The number of fused-ring (bicyclic) bond motifs is 3. The highest BCUT2D eigenvalue weighted by molar-refractivity contribution is 6.09. The molecule has 12 rings (SSSR count). The summed E-state index contributed by atoms with van der Waals surface area (Å²) in [5.74, 6) is 1.06. The van der Waals surface area contributed by atoms with E-state index in [2.05, 4.69) is 266 Å². The third-order valence-electron chi connectivity index (χ3n) is 15.5. The average Bonchev–Trinajstić information content (AvgIpc) is 3.46. The Labute approximate surface area is 420 Å². The van der Waals surface area contributed by atoms with E-state index in [4.69, 9.17) is 0 Å². The van der Waals surface area contributed by atoms with Crippen LogP contribution in [0.15, 0.2) is 267 Å². The van der Waals surface area contributed by atoms with Crippen LogP contribution >= 0.6 is 0 Å². The smallest absolute Gasteiger partial charge is 0.0560 e. The number of rotatable bonds is 12. The normalized spacial score (nSPS) is 18.0. The second-order valence-corrected chi connectivity index (χ2v) is 19.8. The quantitative estimate of drug-likeness (QED) is 0.0872. The Hall–Kier alpha value is -8.00. The number of allylic oxidation sites excluding steroid dienone is 8. The zero-order chi connectivity index (χ0) is 47.3. The summed E-state index contributed by atoms with van der Waals surface area (Å²) >= 11 is 0. The van der Waals surface area contributed by atoms with Gasteiger partial charge in [-0.1, -0.05) is 236 Å². The number of anilines is 2. The molecule has 9 aromatic carbocycles. The van der Waals surface area contributed by atoms with Crippen LogP contribution in [0, 0.1) is 0 Å². The summed E-state index contributed by atoms with van der Waals surface area (Å²) in [7, 11) is 0. The first-order valence-electron chi connectivity index (χ1n) is 25.8. The van der Waals surface area contributed by atoms with Crippen molar-refractivity contribution in [1.82, 2.24) is 0 Å². The van der Waals surface area contributed by atoms with Gasteiger partial charge in [-0.2, -0.15) is 0 Å². The minimum atomic E-state index is 0.163. The maximum Gasteiger partial charge on any atom is 0.0560 e. The summed E-state index contributed by atoms with van der Waals surface area (Å²) in [6, 6.07) is 79.4. The fourth-order valence-electron chi connectivity index (χ4n) is 11.7. The largest absolute Gasteiger partial charge is 0.334 e. The van der Waals surface area contributed by atoms with E-state index < -0.39 is 0 Å². The standard InChI is InChI=1S/C70H59N/c1-5-17-51(18-6-1)56-33-35-59(36-34-56)69(70-49-60-25-13-14-26-66(60)67-27-15-16-28-68(67)70)45-50-29-31-55(32-30-50)58-39-43-64(44-40-58)71(63-41-37-57(38-42-63)52-19-7-2-8-20-52)65-47-61(53-21-9-3-10-22-53)46-62(48-65)54-23-11-4-12-24-54/h1-23,25-29,33-41,43-44,46-49,54-55,63,69H,24,30-32,42,45H2. The highest BCUT2D eigenvalue weighted by Gasteiger charge is 2.26. The molecule has 0 N–H and O–H groups in total. The third kappa shape index (κ3) is 9.41. The minimum absolute atomic E-state index is 0.163. The van der Waals surface area contributed by atoms with Crippen molar-refractivity contribution in [3.63, 3.8) is 0 Å². The van der Waals surface area contributed by atoms with Gasteiger partial charge in [0.25, 0.3) is 0 Å². The van der Waals surface area contributed by atoms with Crippen molar-refractivity contribution in [2.75, 3.05) is 4.90 Å². The number of hydrogen-bond donors (Lipinski definition) is 0. The van der Waals surface area contributed by atoms with E-state index in [9.17, 15) is 0 Å². The van der Waals surface area contributed by atoms with Crippen molar-refractivity contribution in [1.29, 1.82) is 0 Å². The molecule has 4 atom stereocenters. The van der Waals surface area contributed by atoms with Crippen LogP contribution in [0.2, 0.25) is 0 Å². The Morgan fingerprint density at radius 3 is 1.80 bits per heavy atom. The molecule has 1 nitrogen and oxygen atoms in total. The molecule has 0 saturated heterocycles. The fraction of sp³-hybridized carbons (Fsp3) is 0.143. The summed E-state index contributed by atoms with van der Waals surface area (Å²) in [5, 5.41) is 5.32. The summed E-state index contributed by atoms with van der Waals surface area (Å²) in [6.45, 7) is 0. The van der Waals surface area contributed by atoms with Crippen molar-refractivity contribution in [2.45, 2.75) is 62.3 Å². The van der Waals surface area contributed by atoms with Crippen LogP contribution in [0.4, 0.5) is 11.4 Å². The molecular formula is C70H59N. The SMILES string of the molecule is C1=CCC(c2cc(-c3ccccc3)cc(N(c3ccc(C4CC=C(CC(c5ccc(-c6ccccc6)cc5)c5cc6ccccc6c6ccccc56)CC4)cc3)C3C=CC(c4ccccc4)=CC3)c2)C=C1. The molecule has 0 saturated carbocycles. The van der Waals surface area contributed by atoms with Crippen molar-refractivity contribution in [3.05, 3.63) is 294 Å². The maximum absolute atomic E-state index is 2.60. The zero-order valence-electron chi connectivity index (χ0n) is 40.3. The van der Waals surface area contributed by atoms with Gasteiger partial charge in [-0.05, 0) is 152 Å². The fourth-order valence-corrected chi connectivity index (χ4v) is 11.7. The Bertz CT molecular complexity index is 3460. The second kappa shape index (κ2) is 20.2. The predicted octanol–water partition coefficient (Wildman–Crippen LogP) is 18.9. The first-order valence-corrected chi connectivity index (χ1v) is 25.8. The Morgan fingerprint density at radius 2 is 1.13 bits per heavy atom. The first kappa shape index (κ1) is 44.2. The van der Waals surface area contributed by atoms with E-state index in [1.165, 1.54) is 88.6 Å². The molecular weight excluding hydrogens is 855 g/mol. The van der Waals surface area contributed by atoms with E-state index in [0.29, 0.717) is 11.8 Å². The summed E-state index contributed by atoms with van der Waals surface area (Å²) in [4.78, 5) is 2.60. The van der Waals surface area contributed by atoms with Crippen molar-refractivity contribution >= 4 is 38.5 Å². The van der Waals surface area contributed by atoms with Crippen LogP contribution in [-0.4, -0.2) is 6.04 Å². The van der Waals surface area contributed by atoms with Gasteiger partial charge in [0.1, 0.15) is 0 Å². The van der Waals surface area contributed by atoms with Gasteiger partial charge in [0, 0.05) is 23.2 Å². The van der Waals surface area contributed by atoms with Gasteiger partial charge >= 0.3 is 0 Å². The lowest BCUT2D eigenvalue weighted by atomic mass is 9.77. The Balaban J connectivity index is 0.853. The van der Waals surface area contributed by atoms with Crippen molar-refractivity contribution in [3.8, 4) is 22.3 Å². The molecule has 0 heterocycles. The summed E-state index contributed by atoms with van der Waals surface area (Å²) in [6.07, 6.45) is 25.1. The lowest BCUT2D eigenvalue weighted by molar-refractivity contribution is 0.577. The molecule has 0 aromatic heterocycles. The highest BCUT2D eigenvalue weighted by Crippen LogP contribution is 2.44. The topological polar surface area (TPSA) is 3.24 Å². The number of nitrogens with zero attached hydrogens (tertiary/aromatic N) is 1. The van der Waals surface area contributed by atoms with Crippen LogP contribution in [-0.2, 0) is 0 Å². The van der Waals surface area contributed by atoms with Crippen LogP contribution < -0.4 is 4.90 Å². The van der Waals surface area contributed by atoms with E-state index in [1.807, 2.05) is 0 Å². The average molecular weight is 914 g/mol. The molecule has 3 aliphatic rings. The van der Waals surface area contributed by atoms with Gasteiger partial charge in [-0.15, -0.1) is 0 Å². The minimum Gasteiger partial charge on any atom is -0.334 e. The van der Waals surface area contributed by atoms with Crippen LogP contribution in [0.1, 0.15) is 84.1 Å². The highest BCUT2D eigenvalue weighted by atomic mass is 15.2. The molecule has 1 heteroatoms. The summed E-state index contributed by atoms with van der Waals surface area (Å²) < 4.78 is 0.